The van der Waals surface area contributed by atoms with Crippen LogP contribution in [0.2, 0.25) is 0 Å². The van der Waals surface area contributed by atoms with Crippen LogP contribution in [0.25, 0.3) is 0 Å². The van der Waals surface area contributed by atoms with Gasteiger partial charge in [-0.15, -0.1) is 0 Å². The van der Waals surface area contributed by atoms with E-state index >= 15 is 0 Å². The van der Waals surface area contributed by atoms with Crippen molar-refractivity contribution in [1.82, 2.24) is 14.7 Å². The van der Waals surface area contributed by atoms with E-state index in [0.29, 0.717) is 26.1 Å². The maximum atomic E-state index is 12.6. The van der Waals surface area contributed by atoms with Crippen molar-refractivity contribution >= 4 is 17.8 Å². The van der Waals surface area contributed by atoms with Crippen LogP contribution < -0.4 is 0 Å². The molecule has 8 heteroatoms. The largest absolute Gasteiger partial charge is 0.466 e. The third kappa shape index (κ3) is 5.31. The van der Waals surface area contributed by atoms with Crippen LogP contribution in [-0.4, -0.2) is 52.3 Å². The monoisotopic (exact) mass is 365 g/mol. The number of aryl methyl sites for hydroxylation is 2. The van der Waals surface area contributed by atoms with Crippen molar-refractivity contribution in [1.29, 1.82) is 0 Å². The number of hydrogen-bond acceptors (Lipinski definition) is 6. The van der Waals surface area contributed by atoms with Gasteiger partial charge in [-0.25, -0.2) is 0 Å². The number of nitrogens with zero attached hydrogens (tertiary/aromatic N) is 3. The van der Waals surface area contributed by atoms with Crippen molar-refractivity contribution in [3.63, 3.8) is 0 Å². The average Bonchev–Trinajstić information content (AvgIpc) is 3.26. The molecule has 1 fully saturated rings. The summed E-state index contributed by atoms with van der Waals surface area (Å²) in [6.07, 6.45) is 0.389. The Bertz CT molecular complexity index is 650. The number of hydrogen-bond donors (Lipinski definition) is 0. The van der Waals surface area contributed by atoms with Crippen LogP contribution in [-0.2, 0) is 37.4 Å². The summed E-state index contributed by atoms with van der Waals surface area (Å²) < 4.78 is 11.6. The molecule has 1 aliphatic carbocycles. The van der Waals surface area contributed by atoms with Crippen LogP contribution in [0.4, 0.5) is 0 Å². The zero-order valence-electron chi connectivity index (χ0n) is 15.9. The van der Waals surface area contributed by atoms with Gasteiger partial charge in [0, 0.05) is 19.3 Å². The van der Waals surface area contributed by atoms with Gasteiger partial charge in [0.15, 0.2) is 0 Å². The van der Waals surface area contributed by atoms with Crippen LogP contribution >= 0.6 is 0 Å². The minimum atomic E-state index is -0.544. The Morgan fingerprint density at radius 2 is 1.96 bits per heavy atom. The molecule has 0 aliphatic heterocycles. The highest BCUT2D eigenvalue weighted by molar-refractivity contribution is 5.94. The van der Waals surface area contributed by atoms with Crippen LogP contribution in [0, 0.1) is 18.8 Å². The number of ether oxygens (including phenoxy) is 2. The second kappa shape index (κ2) is 8.82. The van der Waals surface area contributed by atoms with E-state index in [0.717, 1.165) is 11.4 Å². The lowest BCUT2D eigenvalue weighted by Gasteiger charge is -2.21. The maximum absolute atomic E-state index is 12.6. The van der Waals surface area contributed by atoms with Crippen molar-refractivity contribution in [2.75, 3.05) is 19.8 Å². The van der Waals surface area contributed by atoms with E-state index in [9.17, 15) is 14.4 Å². The number of aromatic nitrogens is 2. The standard InChI is InChI=1S/C18H27N3O5/c1-5-25-17(23)9-16(22)21(11-14-7-12(3)20(4)19-14)10-13-8-15(13)18(24)26-6-2/h7,13,15H,5-6,8-11H2,1-4H3/t13-,15+/m1/s1. The molecule has 0 bridgehead atoms. The fourth-order valence-electron chi connectivity index (χ4n) is 2.88. The molecule has 1 amide bonds. The van der Waals surface area contributed by atoms with Crippen LogP contribution in [0.1, 0.15) is 38.1 Å². The summed E-state index contributed by atoms with van der Waals surface area (Å²) in [5.74, 6) is -1.19. The zero-order chi connectivity index (χ0) is 19.3. The summed E-state index contributed by atoms with van der Waals surface area (Å²) in [6, 6.07) is 1.90. The summed E-state index contributed by atoms with van der Waals surface area (Å²) in [5, 5.41) is 4.37. The number of esters is 2. The number of rotatable bonds is 9. The Hall–Kier alpha value is -2.38. The van der Waals surface area contributed by atoms with Crippen LogP contribution in [0.5, 0.6) is 0 Å². The van der Waals surface area contributed by atoms with Crippen molar-refractivity contribution in [2.45, 2.75) is 40.2 Å². The molecule has 144 valence electrons. The van der Waals surface area contributed by atoms with E-state index in [4.69, 9.17) is 9.47 Å². The summed E-state index contributed by atoms with van der Waals surface area (Å²) >= 11 is 0. The van der Waals surface area contributed by atoms with Crippen molar-refractivity contribution < 1.29 is 23.9 Å². The summed E-state index contributed by atoms with van der Waals surface area (Å²) in [4.78, 5) is 37.6. The molecule has 1 saturated carbocycles. The molecule has 1 aromatic rings. The van der Waals surface area contributed by atoms with Crippen molar-refractivity contribution in [3.05, 3.63) is 17.5 Å². The Morgan fingerprint density at radius 3 is 2.54 bits per heavy atom. The molecule has 0 unspecified atom stereocenters. The topological polar surface area (TPSA) is 90.7 Å². The van der Waals surface area contributed by atoms with Crippen molar-refractivity contribution in [3.8, 4) is 0 Å². The first-order chi connectivity index (χ1) is 12.3. The summed E-state index contributed by atoms with van der Waals surface area (Å²) in [7, 11) is 1.83. The second-order valence-electron chi connectivity index (χ2n) is 6.51. The Morgan fingerprint density at radius 1 is 1.27 bits per heavy atom. The highest BCUT2D eigenvalue weighted by Gasteiger charge is 2.45. The van der Waals surface area contributed by atoms with Gasteiger partial charge < -0.3 is 14.4 Å². The number of carbonyl (C=O) groups is 3. The lowest BCUT2D eigenvalue weighted by Crippen LogP contribution is -2.35. The van der Waals surface area contributed by atoms with Crippen LogP contribution in [0.3, 0.4) is 0 Å². The predicted octanol–water partition coefficient (Wildman–Crippen LogP) is 1.21. The molecule has 1 heterocycles. The van der Waals surface area contributed by atoms with Gasteiger partial charge in [0.1, 0.15) is 6.42 Å². The molecule has 0 aromatic carbocycles. The fourth-order valence-corrected chi connectivity index (χ4v) is 2.88. The predicted molar refractivity (Wildman–Crippen MR) is 92.8 cm³/mol. The molecular formula is C18H27N3O5. The molecule has 2 atom stereocenters. The Balaban J connectivity index is 2.02. The minimum Gasteiger partial charge on any atom is -0.466 e. The first kappa shape index (κ1) is 19.9. The number of carbonyl (C=O) groups excluding carboxylic acids is 3. The highest BCUT2D eigenvalue weighted by atomic mass is 16.5. The van der Waals surface area contributed by atoms with Gasteiger partial charge in [-0.3, -0.25) is 19.1 Å². The first-order valence-corrected chi connectivity index (χ1v) is 8.95. The van der Waals surface area contributed by atoms with Crippen LogP contribution in [0.15, 0.2) is 6.07 Å². The SMILES string of the molecule is CCOC(=O)CC(=O)N(Cc1cc(C)n(C)n1)C[C@H]1C[C@@H]1C(=O)OCC. The second-order valence-corrected chi connectivity index (χ2v) is 6.51. The van der Waals surface area contributed by atoms with E-state index in [1.54, 1.807) is 23.4 Å². The smallest absolute Gasteiger partial charge is 0.315 e. The molecule has 2 rings (SSSR count). The van der Waals surface area contributed by atoms with Gasteiger partial charge >= 0.3 is 11.9 Å². The van der Waals surface area contributed by atoms with Gasteiger partial charge in [-0.2, -0.15) is 5.10 Å². The lowest BCUT2D eigenvalue weighted by molar-refractivity contribution is -0.150. The fraction of sp³-hybridized carbons (Fsp3) is 0.667. The van der Waals surface area contributed by atoms with Gasteiger partial charge in [-0.1, -0.05) is 0 Å². The molecule has 1 aliphatic rings. The van der Waals surface area contributed by atoms with E-state index < -0.39 is 5.97 Å². The molecule has 0 N–H and O–H groups in total. The molecule has 26 heavy (non-hydrogen) atoms. The van der Waals surface area contributed by atoms with E-state index in [1.165, 1.54) is 0 Å². The summed E-state index contributed by atoms with van der Waals surface area (Å²) in [5.41, 5.74) is 1.73. The van der Waals surface area contributed by atoms with E-state index in [2.05, 4.69) is 5.10 Å². The van der Waals surface area contributed by atoms with Gasteiger partial charge in [0.05, 0.1) is 31.4 Å². The molecule has 8 nitrogen and oxygen atoms in total. The van der Waals surface area contributed by atoms with Crippen molar-refractivity contribution in [2.24, 2.45) is 18.9 Å². The third-order valence-corrected chi connectivity index (χ3v) is 4.44. The summed E-state index contributed by atoms with van der Waals surface area (Å²) in [6.45, 7) is 6.68. The zero-order valence-corrected chi connectivity index (χ0v) is 15.9. The molecule has 1 aromatic heterocycles. The normalized spacial score (nSPS) is 18.3. The van der Waals surface area contributed by atoms with Gasteiger partial charge in [0.25, 0.3) is 0 Å². The first-order valence-electron chi connectivity index (χ1n) is 8.95. The minimum absolute atomic E-state index is 0.0602. The third-order valence-electron chi connectivity index (χ3n) is 4.44. The lowest BCUT2D eigenvalue weighted by atomic mass is 10.2. The molecule has 0 radical (unpaired) electrons. The van der Waals surface area contributed by atoms with E-state index in [-0.39, 0.29) is 36.7 Å². The number of amides is 1. The highest BCUT2D eigenvalue weighted by Crippen LogP contribution is 2.40. The maximum Gasteiger partial charge on any atom is 0.315 e. The Kier molecular flexibility index (Phi) is 6.76. The van der Waals surface area contributed by atoms with Gasteiger partial charge in [-0.05, 0) is 39.2 Å². The molecular weight excluding hydrogens is 338 g/mol. The molecule has 0 spiro atoms. The van der Waals surface area contributed by atoms with E-state index in [1.807, 2.05) is 20.0 Å². The quantitative estimate of drug-likeness (QED) is 0.483. The van der Waals surface area contributed by atoms with Gasteiger partial charge in [0.2, 0.25) is 5.91 Å². The Labute approximate surface area is 153 Å². The molecule has 0 saturated heterocycles. The average molecular weight is 365 g/mol.